The van der Waals surface area contributed by atoms with Crippen molar-refractivity contribution in [1.82, 2.24) is 10.3 Å². The summed E-state index contributed by atoms with van der Waals surface area (Å²) in [7, 11) is 0. The first-order chi connectivity index (χ1) is 11.6. The van der Waals surface area contributed by atoms with Crippen LogP contribution in [0.4, 0.5) is 18.9 Å². The van der Waals surface area contributed by atoms with Crippen LogP contribution >= 0.6 is 0 Å². The average molecular weight is 355 g/mol. The van der Waals surface area contributed by atoms with Crippen molar-refractivity contribution >= 4 is 11.6 Å². The van der Waals surface area contributed by atoms with E-state index in [2.05, 4.69) is 5.32 Å². The summed E-state index contributed by atoms with van der Waals surface area (Å²) < 4.78 is 37.5. The zero-order chi connectivity index (χ0) is 18.8. The highest BCUT2D eigenvalue weighted by molar-refractivity contribution is 5.94. The lowest BCUT2D eigenvalue weighted by atomic mass is 10.1. The number of amides is 1. The first-order valence-electron chi connectivity index (χ1n) is 6.95. The minimum atomic E-state index is -4.73. The summed E-state index contributed by atoms with van der Waals surface area (Å²) in [5, 5.41) is 13.2. The molecule has 1 heterocycles. The van der Waals surface area contributed by atoms with E-state index in [0.717, 1.165) is 6.07 Å². The van der Waals surface area contributed by atoms with Crippen molar-refractivity contribution in [3.63, 3.8) is 0 Å². The van der Waals surface area contributed by atoms with Gasteiger partial charge in [-0.05, 0) is 24.6 Å². The Bertz CT molecular complexity index is 877. The number of nitro groups is 1. The third-order valence-corrected chi connectivity index (χ3v) is 3.39. The van der Waals surface area contributed by atoms with Gasteiger partial charge in [-0.2, -0.15) is 13.2 Å². The first-order valence-corrected chi connectivity index (χ1v) is 6.95. The number of hydrogen-bond donors (Lipinski definition) is 2. The summed E-state index contributed by atoms with van der Waals surface area (Å²) in [6.45, 7) is 1.52. The molecule has 2 aromatic rings. The Balaban J connectivity index is 2.21. The number of nitrogens with zero attached hydrogens (tertiary/aromatic N) is 1. The summed E-state index contributed by atoms with van der Waals surface area (Å²) in [6.07, 6.45) is -4.73. The number of non-ortho nitro benzene ring substituents is 1. The second-order valence-corrected chi connectivity index (χ2v) is 5.16. The smallest absolute Gasteiger partial charge is 0.345 e. The van der Waals surface area contributed by atoms with Crippen LogP contribution in [-0.2, 0) is 6.18 Å². The SMILES string of the molecule is C[C@@H](NC(=O)c1ccc(C(F)(F)F)[nH]c1=O)c1cccc([N+](=O)[O-])c1. The van der Waals surface area contributed by atoms with Gasteiger partial charge in [0.1, 0.15) is 11.3 Å². The summed E-state index contributed by atoms with van der Waals surface area (Å²) in [4.78, 5) is 35.5. The van der Waals surface area contributed by atoms with Crippen molar-refractivity contribution in [3.05, 3.63) is 73.7 Å². The van der Waals surface area contributed by atoms with E-state index in [4.69, 9.17) is 0 Å². The number of hydrogen-bond acceptors (Lipinski definition) is 4. The molecule has 0 radical (unpaired) electrons. The van der Waals surface area contributed by atoms with E-state index in [9.17, 15) is 32.9 Å². The lowest BCUT2D eigenvalue weighted by Crippen LogP contribution is -2.32. The second-order valence-electron chi connectivity index (χ2n) is 5.16. The molecular weight excluding hydrogens is 343 g/mol. The molecule has 132 valence electrons. The van der Waals surface area contributed by atoms with Crippen LogP contribution in [-0.4, -0.2) is 15.8 Å². The molecule has 1 amide bonds. The topological polar surface area (TPSA) is 105 Å². The number of aromatic amines is 1. The van der Waals surface area contributed by atoms with Crippen molar-refractivity contribution in [1.29, 1.82) is 0 Å². The van der Waals surface area contributed by atoms with Gasteiger partial charge < -0.3 is 10.3 Å². The van der Waals surface area contributed by atoms with E-state index in [1.807, 2.05) is 0 Å². The Morgan fingerprint density at radius 3 is 2.52 bits per heavy atom. The molecule has 1 atom stereocenters. The fraction of sp³-hybridized carbons (Fsp3) is 0.200. The molecule has 0 aliphatic heterocycles. The highest BCUT2D eigenvalue weighted by Gasteiger charge is 2.32. The molecule has 7 nitrogen and oxygen atoms in total. The summed E-state index contributed by atoms with van der Waals surface area (Å²) in [5.41, 5.74) is -2.71. The lowest BCUT2D eigenvalue weighted by molar-refractivity contribution is -0.384. The van der Waals surface area contributed by atoms with Gasteiger partial charge in [-0.25, -0.2) is 0 Å². The van der Waals surface area contributed by atoms with Gasteiger partial charge in [0.15, 0.2) is 0 Å². The number of benzene rings is 1. The third kappa shape index (κ3) is 4.22. The predicted molar refractivity (Wildman–Crippen MR) is 81.0 cm³/mol. The molecule has 2 rings (SSSR count). The zero-order valence-electron chi connectivity index (χ0n) is 12.8. The number of pyridine rings is 1. The van der Waals surface area contributed by atoms with Crippen molar-refractivity contribution in [2.75, 3.05) is 0 Å². The van der Waals surface area contributed by atoms with Crippen LogP contribution in [0, 0.1) is 10.1 Å². The van der Waals surface area contributed by atoms with Crippen molar-refractivity contribution in [2.24, 2.45) is 0 Å². The Morgan fingerprint density at radius 2 is 1.96 bits per heavy atom. The van der Waals surface area contributed by atoms with Crippen LogP contribution in [0.1, 0.15) is 34.6 Å². The number of aromatic nitrogens is 1. The van der Waals surface area contributed by atoms with Gasteiger partial charge in [-0.3, -0.25) is 19.7 Å². The van der Waals surface area contributed by atoms with Gasteiger partial charge in [-0.1, -0.05) is 12.1 Å². The standard InChI is InChI=1S/C15H12F3N3O4/c1-8(9-3-2-4-10(7-9)21(24)25)19-13(22)11-5-6-12(15(16,17)18)20-14(11)23/h2-8H,1H3,(H,19,22)(H,20,23)/t8-/m1/s1. The van der Waals surface area contributed by atoms with E-state index >= 15 is 0 Å². The average Bonchev–Trinajstić information content (AvgIpc) is 2.53. The molecule has 2 N–H and O–H groups in total. The number of carbonyl (C=O) groups excluding carboxylic acids is 1. The van der Waals surface area contributed by atoms with Crippen LogP contribution in [0.5, 0.6) is 0 Å². The van der Waals surface area contributed by atoms with Crippen LogP contribution in [0.25, 0.3) is 0 Å². The molecule has 0 unspecified atom stereocenters. The maximum absolute atomic E-state index is 12.5. The predicted octanol–water partition coefficient (Wildman–Crippen LogP) is 2.79. The number of carbonyl (C=O) groups is 1. The fourth-order valence-electron chi connectivity index (χ4n) is 2.08. The molecule has 0 aliphatic rings. The molecule has 0 bridgehead atoms. The number of nitro benzene ring substituents is 1. The van der Waals surface area contributed by atoms with Crippen molar-refractivity contribution in [3.8, 4) is 0 Å². The van der Waals surface area contributed by atoms with Crippen LogP contribution < -0.4 is 10.9 Å². The van der Waals surface area contributed by atoms with E-state index in [-0.39, 0.29) is 5.69 Å². The first kappa shape index (κ1) is 18.2. The van der Waals surface area contributed by atoms with E-state index < -0.39 is 39.9 Å². The van der Waals surface area contributed by atoms with Crippen molar-refractivity contribution < 1.29 is 22.9 Å². The van der Waals surface area contributed by atoms with Gasteiger partial charge in [0.2, 0.25) is 0 Å². The summed E-state index contributed by atoms with van der Waals surface area (Å²) >= 11 is 0. The van der Waals surface area contributed by atoms with Gasteiger partial charge >= 0.3 is 6.18 Å². The van der Waals surface area contributed by atoms with E-state index in [1.165, 1.54) is 31.2 Å². The highest BCUT2D eigenvalue weighted by Crippen LogP contribution is 2.26. The van der Waals surface area contributed by atoms with Gasteiger partial charge in [0, 0.05) is 12.1 Å². The minimum Gasteiger partial charge on any atom is -0.345 e. The second kappa shape index (κ2) is 6.75. The Morgan fingerprint density at radius 1 is 1.28 bits per heavy atom. The van der Waals surface area contributed by atoms with E-state index in [0.29, 0.717) is 11.6 Å². The van der Waals surface area contributed by atoms with Crippen molar-refractivity contribution in [2.45, 2.75) is 19.1 Å². The Kier molecular flexibility index (Phi) is 4.91. The Labute approximate surface area is 138 Å². The quantitative estimate of drug-likeness (QED) is 0.650. The molecule has 0 saturated heterocycles. The number of halogens is 3. The monoisotopic (exact) mass is 355 g/mol. The number of rotatable bonds is 4. The zero-order valence-corrected chi connectivity index (χ0v) is 12.8. The molecule has 25 heavy (non-hydrogen) atoms. The number of nitrogens with one attached hydrogen (secondary N) is 2. The summed E-state index contributed by atoms with van der Waals surface area (Å²) in [5.74, 6) is -0.894. The maximum atomic E-state index is 12.5. The third-order valence-electron chi connectivity index (χ3n) is 3.39. The van der Waals surface area contributed by atoms with Crippen LogP contribution in [0.15, 0.2) is 41.2 Å². The highest BCUT2D eigenvalue weighted by atomic mass is 19.4. The number of H-pyrrole nitrogens is 1. The maximum Gasteiger partial charge on any atom is 0.431 e. The fourth-order valence-corrected chi connectivity index (χ4v) is 2.08. The molecule has 0 fully saturated rings. The van der Waals surface area contributed by atoms with Crippen LogP contribution in [0.2, 0.25) is 0 Å². The molecule has 1 aromatic heterocycles. The molecular formula is C15H12F3N3O4. The number of alkyl halides is 3. The van der Waals surface area contributed by atoms with Crippen LogP contribution in [0.3, 0.4) is 0 Å². The van der Waals surface area contributed by atoms with Gasteiger partial charge in [-0.15, -0.1) is 0 Å². The lowest BCUT2D eigenvalue weighted by Gasteiger charge is -2.14. The molecule has 10 heteroatoms. The van der Waals surface area contributed by atoms with E-state index in [1.54, 1.807) is 4.98 Å². The molecule has 1 aromatic carbocycles. The minimum absolute atomic E-state index is 0.175. The van der Waals surface area contributed by atoms with Gasteiger partial charge in [0.25, 0.3) is 17.2 Å². The summed E-state index contributed by atoms with van der Waals surface area (Å²) in [6, 6.07) is 6.16. The molecule has 0 aliphatic carbocycles. The largest absolute Gasteiger partial charge is 0.431 e. The molecule has 0 saturated carbocycles. The molecule has 0 spiro atoms. The Hall–Kier alpha value is -3.17. The normalized spacial score (nSPS) is 12.5. The van der Waals surface area contributed by atoms with Gasteiger partial charge in [0.05, 0.1) is 11.0 Å².